The molecule has 120 valence electrons. The lowest BCUT2D eigenvalue weighted by atomic mass is 9.90. The maximum absolute atomic E-state index is 6.24. The van der Waals surface area contributed by atoms with Gasteiger partial charge >= 0.3 is 0 Å². The predicted octanol–water partition coefficient (Wildman–Crippen LogP) is 4.83. The number of hydrogen-bond donors (Lipinski definition) is 0. The van der Waals surface area contributed by atoms with Crippen LogP contribution in [-0.2, 0) is 11.3 Å². The minimum absolute atomic E-state index is 0.216. The van der Waals surface area contributed by atoms with E-state index < -0.39 is 0 Å². The van der Waals surface area contributed by atoms with Crippen molar-refractivity contribution in [3.8, 4) is 0 Å². The van der Waals surface area contributed by atoms with Crippen molar-refractivity contribution in [1.29, 1.82) is 0 Å². The molecule has 1 aliphatic rings. The van der Waals surface area contributed by atoms with Crippen molar-refractivity contribution in [1.82, 2.24) is 0 Å². The van der Waals surface area contributed by atoms with E-state index in [1.807, 2.05) is 6.07 Å². The van der Waals surface area contributed by atoms with Crippen molar-refractivity contribution in [2.45, 2.75) is 18.8 Å². The summed E-state index contributed by atoms with van der Waals surface area (Å²) in [6, 6.07) is 31.9. The smallest absolute Gasteiger partial charge is 0.0999 e. The van der Waals surface area contributed by atoms with E-state index >= 15 is 0 Å². The molecular weight excluding hydrogens is 294 g/mol. The van der Waals surface area contributed by atoms with Gasteiger partial charge in [0, 0.05) is 12.2 Å². The van der Waals surface area contributed by atoms with Gasteiger partial charge in [0.2, 0.25) is 0 Å². The molecule has 4 rings (SSSR count). The van der Waals surface area contributed by atoms with E-state index in [-0.39, 0.29) is 12.1 Å². The first-order valence-electron chi connectivity index (χ1n) is 8.44. The van der Waals surface area contributed by atoms with E-state index in [4.69, 9.17) is 4.74 Å². The van der Waals surface area contributed by atoms with Crippen LogP contribution >= 0.6 is 0 Å². The first-order chi connectivity index (χ1) is 11.9. The molecule has 2 nitrogen and oxygen atoms in total. The zero-order valence-electron chi connectivity index (χ0n) is 13.6. The van der Waals surface area contributed by atoms with Crippen LogP contribution in [0.1, 0.15) is 17.2 Å². The summed E-state index contributed by atoms with van der Waals surface area (Å²) in [5.74, 6) is 0. The van der Waals surface area contributed by atoms with E-state index in [9.17, 15) is 0 Å². The summed E-state index contributed by atoms with van der Waals surface area (Å²) in [6.45, 7) is 1.59. The summed E-state index contributed by atoms with van der Waals surface area (Å²) < 4.78 is 6.24. The second kappa shape index (κ2) is 6.90. The summed E-state index contributed by atoms with van der Waals surface area (Å²) in [4.78, 5) is 2.42. The molecule has 2 atom stereocenters. The molecule has 1 heterocycles. The monoisotopic (exact) mass is 315 g/mol. The highest BCUT2D eigenvalue weighted by Crippen LogP contribution is 2.39. The predicted molar refractivity (Wildman–Crippen MR) is 98.0 cm³/mol. The summed E-state index contributed by atoms with van der Waals surface area (Å²) in [6.07, 6.45) is 0.216. The van der Waals surface area contributed by atoms with Gasteiger partial charge in [-0.15, -0.1) is 0 Å². The van der Waals surface area contributed by atoms with Gasteiger partial charge in [-0.05, 0) is 23.3 Å². The standard InChI is InChI=1S/C22H21NO/c1-4-10-18(11-5-1)17-24-21-16-23(20-14-8-3-9-15-20)22(21)19-12-6-2-7-13-19/h1-15,21-22H,16-17H2. The Kier molecular flexibility index (Phi) is 4.30. The minimum Gasteiger partial charge on any atom is -0.369 e. The Balaban J connectivity index is 1.52. The fourth-order valence-corrected chi connectivity index (χ4v) is 3.32. The van der Waals surface area contributed by atoms with Crippen molar-refractivity contribution in [2.24, 2.45) is 0 Å². The van der Waals surface area contributed by atoms with Crippen LogP contribution in [0.2, 0.25) is 0 Å². The molecule has 24 heavy (non-hydrogen) atoms. The molecule has 1 saturated heterocycles. The third kappa shape index (κ3) is 3.06. The molecule has 0 amide bonds. The van der Waals surface area contributed by atoms with Gasteiger partial charge in [-0.3, -0.25) is 0 Å². The molecule has 0 aliphatic carbocycles. The van der Waals surface area contributed by atoms with Crippen LogP contribution in [-0.4, -0.2) is 12.6 Å². The molecule has 0 radical (unpaired) electrons. The second-order valence-corrected chi connectivity index (χ2v) is 6.18. The average molecular weight is 315 g/mol. The number of rotatable bonds is 5. The van der Waals surface area contributed by atoms with Crippen LogP contribution in [0.5, 0.6) is 0 Å². The highest BCUT2D eigenvalue weighted by molar-refractivity contribution is 5.53. The van der Waals surface area contributed by atoms with Crippen LogP contribution in [0.15, 0.2) is 91.0 Å². The molecule has 3 aromatic carbocycles. The van der Waals surface area contributed by atoms with E-state index in [1.165, 1.54) is 16.8 Å². The topological polar surface area (TPSA) is 12.5 Å². The summed E-state index contributed by atoms with van der Waals surface area (Å²) >= 11 is 0. The molecule has 0 saturated carbocycles. The van der Waals surface area contributed by atoms with E-state index in [0.29, 0.717) is 6.61 Å². The van der Waals surface area contributed by atoms with E-state index in [1.54, 1.807) is 0 Å². The van der Waals surface area contributed by atoms with Gasteiger partial charge in [-0.2, -0.15) is 0 Å². The van der Waals surface area contributed by atoms with E-state index in [2.05, 4.69) is 89.8 Å². The van der Waals surface area contributed by atoms with Crippen molar-refractivity contribution in [3.05, 3.63) is 102 Å². The molecule has 0 aromatic heterocycles. The lowest BCUT2D eigenvalue weighted by molar-refractivity contribution is -0.00973. The zero-order chi connectivity index (χ0) is 16.2. The Morgan fingerprint density at radius 1 is 0.750 bits per heavy atom. The number of anilines is 1. The van der Waals surface area contributed by atoms with Gasteiger partial charge in [0.15, 0.2) is 0 Å². The van der Waals surface area contributed by atoms with Crippen LogP contribution in [0.4, 0.5) is 5.69 Å². The largest absolute Gasteiger partial charge is 0.369 e. The van der Waals surface area contributed by atoms with Gasteiger partial charge in [-0.1, -0.05) is 78.9 Å². The molecule has 2 heteroatoms. The van der Waals surface area contributed by atoms with Gasteiger partial charge < -0.3 is 9.64 Å². The van der Waals surface area contributed by atoms with E-state index in [0.717, 1.165) is 6.54 Å². The molecule has 3 aromatic rings. The van der Waals surface area contributed by atoms with Crippen LogP contribution in [0, 0.1) is 0 Å². The van der Waals surface area contributed by atoms with Crippen LogP contribution in [0.25, 0.3) is 0 Å². The lowest BCUT2D eigenvalue weighted by Crippen LogP contribution is -2.55. The van der Waals surface area contributed by atoms with Gasteiger partial charge in [0.25, 0.3) is 0 Å². The number of ether oxygens (including phenoxy) is 1. The van der Waals surface area contributed by atoms with Crippen molar-refractivity contribution in [2.75, 3.05) is 11.4 Å². The summed E-state index contributed by atoms with van der Waals surface area (Å²) in [7, 11) is 0. The Bertz CT molecular complexity index is 756. The second-order valence-electron chi connectivity index (χ2n) is 6.18. The van der Waals surface area contributed by atoms with Crippen LogP contribution in [0.3, 0.4) is 0 Å². The maximum Gasteiger partial charge on any atom is 0.0999 e. The normalized spacial score (nSPS) is 19.8. The fraction of sp³-hybridized carbons (Fsp3) is 0.182. The molecule has 1 fully saturated rings. The highest BCUT2D eigenvalue weighted by Gasteiger charge is 2.40. The summed E-state index contributed by atoms with van der Waals surface area (Å²) in [5, 5.41) is 0. The number of nitrogens with zero attached hydrogens (tertiary/aromatic N) is 1. The lowest BCUT2D eigenvalue weighted by Gasteiger charge is -2.49. The van der Waals surface area contributed by atoms with Gasteiger partial charge in [0.1, 0.15) is 0 Å². The van der Waals surface area contributed by atoms with Crippen LogP contribution < -0.4 is 4.90 Å². The van der Waals surface area contributed by atoms with Gasteiger partial charge in [-0.25, -0.2) is 0 Å². The first-order valence-corrected chi connectivity index (χ1v) is 8.44. The highest BCUT2D eigenvalue weighted by atomic mass is 16.5. The Morgan fingerprint density at radius 3 is 2.00 bits per heavy atom. The molecular formula is C22H21NO. The SMILES string of the molecule is c1ccc(COC2CN(c3ccccc3)C2c2ccccc2)cc1. The van der Waals surface area contributed by atoms with Crippen molar-refractivity contribution < 1.29 is 4.74 Å². The number of hydrogen-bond acceptors (Lipinski definition) is 2. The van der Waals surface area contributed by atoms with Gasteiger partial charge in [0.05, 0.1) is 18.8 Å². The first kappa shape index (κ1) is 15.0. The number of para-hydroxylation sites is 1. The minimum atomic E-state index is 0.216. The van der Waals surface area contributed by atoms with Crippen molar-refractivity contribution >= 4 is 5.69 Å². The molecule has 0 bridgehead atoms. The Morgan fingerprint density at radius 2 is 1.33 bits per heavy atom. The Labute approximate surface area is 143 Å². The quantitative estimate of drug-likeness (QED) is 0.668. The van der Waals surface area contributed by atoms with Crippen molar-refractivity contribution in [3.63, 3.8) is 0 Å². The average Bonchev–Trinajstić information content (AvgIpc) is 2.63. The molecule has 0 spiro atoms. The summed E-state index contributed by atoms with van der Waals surface area (Å²) in [5.41, 5.74) is 3.79. The molecule has 0 N–H and O–H groups in total. The molecule has 2 unspecified atom stereocenters. The number of benzene rings is 3. The third-order valence-electron chi connectivity index (χ3n) is 4.60. The fourth-order valence-electron chi connectivity index (χ4n) is 3.32. The third-order valence-corrected chi connectivity index (χ3v) is 4.60. The maximum atomic E-state index is 6.24. The zero-order valence-corrected chi connectivity index (χ0v) is 13.6. The Hall–Kier alpha value is -2.58. The molecule has 1 aliphatic heterocycles.